The number of fused-ring (bicyclic) bond motifs is 1. The molecule has 0 saturated heterocycles. The molecule has 3 rings (SSSR count). The summed E-state index contributed by atoms with van der Waals surface area (Å²) in [5.41, 5.74) is 3.41. The number of nitriles is 1. The first-order chi connectivity index (χ1) is 9.70. The minimum absolute atomic E-state index is 0.638. The highest BCUT2D eigenvalue weighted by Crippen LogP contribution is 2.25. The number of hydrogen-bond acceptors (Lipinski definition) is 3. The van der Waals surface area contributed by atoms with Gasteiger partial charge in [-0.3, -0.25) is 4.57 Å². The third-order valence-corrected chi connectivity index (χ3v) is 3.33. The fraction of sp³-hybridized carbons (Fsp3) is 0.125. The lowest BCUT2D eigenvalue weighted by atomic mass is 10.1. The second-order valence-corrected chi connectivity index (χ2v) is 4.81. The summed E-state index contributed by atoms with van der Waals surface area (Å²) in [6.45, 7) is 0. The van der Waals surface area contributed by atoms with Crippen LogP contribution in [0.5, 0.6) is 0 Å². The van der Waals surface area contributed by atoms with Gasteiger partial charge in [-0.15, -0.1) is 0 Å². The van der Waals surface area contributed by atoms with Crippen LogP contribution in [0, 0.1) is 11.3 Å². The molecule has 0 aliphatic carbocycles. The first kappa shape index (κ1) is 12.2. The van der Waals surface area contributed by atoms with Gasteiger partial charge < -0.3 is 4.90 Å². The number of rotatable bonds is 2. The minimum atomic E-state index is 0.638. The zero-order chi connectivity index (χ0) is 14.1. The monoisotopic (exact) mass is 262 g/mol. The van der Waals surface area contributed by atoms with Gasteiger partial charge in [0.2, 0.25) is 0 Å². The molecule has 0 aliphatic rings. The van der Waals surface area contributed by atoms with Gasteiger partial charge in [-0.1, -0.05) is 0 Å². The number of aromatic nitrogens is 2. The van der Waals surface area contributed by atoms with Crippen LogP contribution in [0.2, 0.25) is 0 Å². The first-order valence-corrected chi connectivity index (χ1v) is 6.34. The van der Waals surface area contributed by atoms with Crippen molar-refractivity contribution in [3.63, 3.8) is 0 Å². The van der Waals surface area contributed by atoms with Crippen molar-refractivity contribution in [1.82, 2.24) is 9.55 Å². The minimum Gasteiger partial charge on any atom is -0.378 e. The standard InChI is InChI=1S/C16H14N4/c1-19(2)14-6-5-13(11-17)15(10-14)20-9-7-12-4-3-8-18-16(12)20/h3-10H,1-2H3. The van der Waals surface area contributed by atoms with Crippen LogP contribution in [0.15, 0.2) is 48.8 Å². The average molecular weight is 262 g/mol. The summed E-state index contributed by atoms with van der Waals surface area (Å²) in [7, 11) is 3.97. The normalized spacial score (nSPS) is 10.4. The number of hydrogen-bond donors (Lipinski definition) is 0. The van der Waals surface area contributed by atoms with Crippen molar-refractivity contribution in [3.05, 3.63) is 54.4 Å². The molecule has 2 heterocycles. The van der Waals surface area contributed by atoms with Crippen LogP contribution in [0.3, 0.4) is 0 Å². The van der Waals surface area contributed by atoms with E-state index in [4.69, 9.17) is 0 Å². The highest BCUT2D eigenvalue weighted by Gasteiger charge is 2.10. The van der Waals surface area contributed by atoms with E-state index >= 15 is 0 Å². The van der Waals surface area contributed by atoms with Gasteiger partial charge in [-0.05, 0) is 36.4 Å². The van der Waals surface area contributed by atoms with Crippen molar-refractivity contribution in [1.29, 1.82) is 5.26 Å². The zero-order valence-electron chi connectivity index (χ0n) is 11.4. The Hall–Kier alpha value is -2.80. The van der Waals surface area contributed by atoms with E-state index in [1.165, 1.54) is 0 Å². The van der Waals surface area contributed by atoms with E-state index in [-0.39, 0.29) is 0 Å². The second kappa shape index (κ2) is 4.71. The van der Waals surface area contributed by atoms with Crippen molar-refractivity contribution in [2.75, 3.05) is 19.0 Å². The third-order valence-electron chi connectivity index (χ3n) is 3.33. The Morgan fingerprint density at radius 3 is 2.80 bits per heavy atom. The Morgan fingerprint density at radius 1 is 1.20 bits per heavy atom. The summed E-state index contributed by atoms with van der Waals surface area (Å²) in [5, 5.41) is 10.4. The number of anilines is 1. The Balaban J connectivity index is 2.28. The predicted octanol–water partition coefficient (Wildman–Crippen LogP) is 2.96. The van der Waals surface area contributed by atoms with Gasteiger partial charge in [0.1, 0.15) is 11.7 Å². The van der Waals surface area contributed by atoms with Crippen LogP contribution >= 0.6 is 0 Å². The fourth-order valence-electron chi connectivity index (χ4n) is 2.25. The molecule has 0 atom stereocenters. The molecule has 98 valence electrons. The van der Waals surface area contributed by atoms with Crippen LogP contribution in [0.25, 0.3) is 16.7 Å². The largest absolute Gasteiger partial charge is 0.378 e. The second-order valence-electron chi connectivity index (χ2n) is 4.81. The maximum atomic E-state index is 9.32. The van der Waals surface area contributed by atoms with E-state index in [9.17, 15) is 5.26 Å². The van der Waals surface area contributed by atoms with E-state index in [1.807, 2.05) is 66.2 Å². The van der Waals surface area contributed by atoms with Crippen LogP contribution in [0.1, 0.15) is 5.56 Å². The number of nitrogens with zero attached hydrogens (tertiary/aromatic N) is 4. The van der Waals surface area contributed by atoms with E-state index in [2.05, 4.69) is 11.1 Å². The summed E-state index contributed by atoms with van der Waals surface area (Å²) < 4.78 is 1.96. The molecule has 0 bridgehead atoms. The maximum Gasteiger partial charge on any atom is 0.144 e. The molecule has 3 aromatic rings. The highest BCUT2D eigenvalue weighted by atomic mass is 15.1. The molecule has 1 aromatic carbocycles. The predicted molar refractivity (Wildman–Crippen MR) is 80.1 cm³/mol. The van der Waals surface area contributed by atoms with Gasteiger partial charge in [0.15, 0.2) is 0 Å². The highest BCUT2D eigenvalue weighted by molar-refractivity contribution is 5.79. The Labute approximate surface area is 117 Å². The average Bonchev–Trinajstić information content (AvgIpc) is 2.90. The summed E-state index contributed by atoms with van der Waals surface area (Å²) in [6.07, 6.45) is 3.72. The molecule has 0 fully saturated rings. The van der Waals surface area contributed by atoms with Crippen molar-refractivity contribution < 1.29 is 0 Å². The molecule has 0 spiro atoms. The molecular weight excluding hydrogens is 248 g/mol. The van der Waals surface area contributed by atoms with Gasteiger partial charge >= 0.3 is 0 Å². The Kier molecular flexibility index (Phi) is 2.88. The molecule has 0 radical (unpaired) electrons. The van der Waals surface area contributed by atoms with Crippen LogP contribution in [-0.2, 0) is 0 Å². The SMILES string of the molecule is CN(C)c1ccc(C#N)c(-n2ccc3cccnc32)c1. The van der Waals surface area contributed by atoms with Crippen LogP contribution in [0.4, 0.5) is 5.69 Å². The van der Waals surface area contributed by atoms with Gasteiger partial charge in [0.25, 0.3) is 0 Å². The lowest BCUT2D eigenvalue weighted by molar-refractivity contribution is 1.07. The van der Waals surface area contributed by atoms with Crippen molar-refractivity contribution in [2.24, 2.45) is 0 Å². The Bertz CT molecular complexity index is 809. The quantitative estimate of drug-likeness (QED) is 0.713. The van der Waals surface area contributed by atoms with Crippen molar-refractivity contribution in [3.8, 4) is 11.8 Å². The molecule has 0 amide bonds. The topological polar surface area (TPSA) is 44.9 Å². The lowest BCUT2D eigenvalue weighted by Gasteiger charge is -2.15. The van der Waals surface area contributed by atoms with Crippen LogP contribution < -0.4 is 4.90 Å². The third kappa shape index (κ3) is 1.90. The Morgan fingerprint density at radius 2 is 2.05 bits per heavy atom. The van der Waals surface area contributed by atoms with Crippen LogP contribution in [-0.4, -0.2) is 23.6 Å². The van der Waals surface area contributed by atoms with Gasteiger partial charge in [-0.2, -0.15) is 5.26 Å². The fourth-order valence-corrected chi connectivity index (χ4v) is 2.25. The molecular formula is C16H14N4. The van der Waals surface area contributed by atoms with E-state index in [0.717, 1.165) is 22.4 Å². The smallest absolute Gasteiger partial charge is 0.144 e. The molecule has 20 heavy (non-hydrogen) atoms. The van der Waals surface area contributed by atoms with Crippen molar-refractivity contribution >= 4 is 16.7 Å². The summed E-state index contributed by atoms with van der Waals surface area (Å²) >= 11 is 0. The van der Waals surface area contributed by atoms with E-state index in [0.29, 0.717) is 5.56 Å². The molecule has 0 saturated carbocycles. The van der Waals surface area contributed by atoms with Gasteiger partial charge in [0.05, 0.1) is 11.3 Å². The molecule has 0 N–H and O–H groups in total. The van der Waals surface area contributed by atoms with Gasteiger partial charge in [-0.25, -0.2) is 4.98 Å². The summed E-state index contributed by atoms with van der Waals surface area (Å²) in [5.74, 6) is 0. The number of pyridine rings is 1. The van der Waals surface area contributed by atoms with E-state index in [1.54, 1.807) is 6.20 Å². The number of benzene rings is 1. The lowest BCUT2D eigenvalue weighted by Crippen LogP contribution is -2.09. The summed E-state index contributed by atoms with van der Waals surface area (Å²) in [6, 6.07) is 14.0. The van der Waals surface area contributed by atoms with E-state index < -0.39 is 0 Å². The van der Waals surface area contributed by atoms with Crippen molar-refractivity contribution in [2.45, 2.75) is 0 Å². The molecule has 4 heteroatoms. The summed E-state index contributed by atoms with van der Waals surface area (Å²) in [4.78, 5) is 6.43. The molecule has 0 unspecified atom stereocenters. The first-order valence-electron chi connectivity index (χ1n) is 6.34. The molecule has 2 aromatic heterocycles. The van der Waals surface area contributed by atoms with Gasteiger partial charge in [0, 0.05) is 37.6 Å². The zero-order valence-corrected chi connectivity index (χ0v) is 11.4. The maximum absolute atomic E-state index is 9.32. The molecule has 0 aliphatic heterocycles. The molecule has 4 nitrogen and oxygen atoms in total.